The number of piperidine rings is 1. The van der Waals surface area contributed by atoms with Crippen LogP contribution in [0.2, 0.25) is 0 Å². The smallest absolute Gasteiger partial charge is 0.246 e. The van der Waals surface area contributed by atoms with Crippen molar-refractivity contribution in [3.05, 3.63) is 35.9 Å². The maximum absolute atomic E-state index is 12.2. The molecular weight excluding hydrogens is 292 g/mol. The maximum atomic E-state index is 12.2. The Hall–Kier alpha value is -2.30. The molecule has 1 aromatic carbocycles. The van der Waals surface area contributed by atoms with Crippen molar-refractivity contribution >= 4 is 17.9 Å². The number of benzene rings is 1. The van der Waals surface area contributed by atoms with E-state index in [1.165, 1.54) is 0 Å². The first kappa shape index (κ1) is 17.1. The molecule has 0 spiro atoms. The van der Waals surface area contributed by atoms with Crippen LogP contribution in [-0.4, -0.2) is 35.9 Å². The molecule has 5 nitrogen and oxygen atoms in total. The number of hydrogen-bond acceptors (Lipinski definition) is 3. The zero-order chi connectivity index (χ0) is 16.8. The topological polar surface area (TPSA) is 72.6 Å². The molecule has 124 valence electrons. The Kier molecular flexibility index (Phi) is 5.79. The van der Waals surface area contributed by atoms with Gasteiger partial charge in [0.25, 0.3) is 0 Å². The fraction of sp³-hybridized carbons (Fsp3) is 0.444. The molecule has 2 N–H and O–H groups in total. The summed E-state index contributed by atoms with van der Waals surface area (Å²) in [5.41, 5.74) is 6.22. The van der Waals surface area contributed by atoms with Gasteiger partial charge in [0.2, 0.25) is 11.8 Å². The quantitative estimate of drug-likeness (QED) is 0.847. The molecule has 0 saturated carbocycles. The van der Waals surface area contributed by atoms with E-state index in [0.717, 1.165) is 11.3 Å². The SMILES string of the molecule is CC(C)Oc1cccc(/C=C/C(=O)N2CCC(C(N)=O)CC2)c1. The summed E-state index contributed by atoms with van der Waals surface area (Å²) in [4.78, 5) is 25.1. The van der Waals surface area contributed by atoms with E-state index in [2.05, 4.69) is 0 Å². The second-order valence-electron chi connectivity index (χ2n) is 6.07. The van der Waals surface area contributed by atoms with Crippen molar-refractivity contribution in [2.45, 2.75) is 32.8 Å². The third-order valence-electron chi connectivity index (χ3n) is 3.86. The van der Waals surface area contributed by atoms with Crippen molar-refractivity contribution < 1.29 is 14.3 Å². The van der Waals surface area contributed by atoms with E-state index in [1.807, 2.05) is 38.1 Å². The minimum atomic E-state index is -0.269. The van der Waals surface area contributed by atoms with Crippen LogP contribution < -0.4 is 10.5 Å². The predicted octanol–water partition coefficient (Wildman–Crippen LogP) is 2.21. The molecule has 1 saturated heterocycles. The second kappa shape index (κ2) is 7.81. The van der Waals surface area contributed by atoms with Crippen LogP contribution in [0.4, 0.5) is 0 Å². The Bertz CT molecular complexity index is 588. The lowest BCUT2D eigenvalue weighted by molar-refractivity contribution is -0.130. The number of nitrogens with zero attached hydrogens (tertiary/aromatic N) is 1. The Morgan fingerprint density at radius 1 is 1.30 bits per heavy atom. The van der Waals surface area contributed by atoms with Crippen molar-refractivity contribution in [1.82, 2.24) is 4.90 Å². The van der Waals surface area contributed by atoms with Crippen molar-refractivity contribution in [2.75, 3.05) is 13.1 Å². The summed E-state index contributed by atoms with van der Waals surface area (Å²) in [6.07, 6.45) is 4.76. The number of amides is 2. The highest BCUT2D eigenvalue weighted by Gasteiger charge is 2.24. The first-order valence-electron chi connectivity index (χ1n) is 7.98. The molecule has 1 fully saturated rings. The first-order chi connectivity index (χ1) is 11.0. The van der Waals surface area contributed by atoms with Crippen LogP contribution in [0.3, 0.4) is 0 Å². The maximum Gasteiger partial charge on any atom is 0.246 e. The van der Waals surface area contributed by atoms with Gasteiger partial charge in [0.1, 0.15) is 5.75 Å². The highest BCUT2D eigenvalue weighted by molar-refractivity contribution is 5.92. The van der Waals surface area contributed by atoms with Crippen LogP contribution in [0.25, 0.3) is 6.08 Å². The van der Waals surface area contributed by atoms with E-state index in [1.54, 1.807) is 17.1 Å². The summed E-state index contributed by atoms with van der Waals surface area (Å²) in [6, 6.07) is 7.63. The van der Waals surface area contributed by atoms with Gasteiger partial charge in [0, 0.05) is 25.1 Å². The third-order valence-corrected chi connectivity index (χ3v) is 3.86. The Labute approximate surface area is 137 Å². The van der Waals surface area contributed by atoms with Gasteiger partial charge in [0.05, 0.1) is 6.10 Å². The first-order valence-corrected chi connectivity index (χ1v) is 7.98. The molecule has 0 radical (unpaired) electrons. The summed E-state index contributed by atoms with van der Waals surface area (Å²) in [6.45, 7) is 5.10. The number of carbonyl (C=O) groups excluding carboxylic acids is 2. The number of likely N-dealkylation sites (tertiary alicyclic amines) is 1. The number of ether oxygens (including phenoxy) is 1. The Balaban J connectivity index is 1.92. The molecule has 1 aromatic rings. The normalized spacial score (nSPS) is 16.0. The summed E-state index contributed by atoms with van der Waals surface area (Å²) < 4.78 is 5.64. The summed E-state index contributed by atoms with van der Waals surface area (Å²) in [5.74, 6) is 0.377. The average Bonchev–Trinajstić information content (AvgIpc) is 2.52. The van der Waals surface area contributed by atoms with Crippen LogP contribution >= 0.6 is 0 Å². The van der Waals surface area contributed by atoms with Crippen molar-refractivity contribution in [3.63, 3.8) is 0 Å². The predicted molar refractivity (Wildman–Crippen MR) is 89.7 cm³/mol. The fourth-order valence-corrected chi connectivity index (χ4v) is 2.62. The van der Waals surface area contributed by atoms with Gasteiger partial charge in [-0.1, -0.05) is 12.1 Å². The highest BCUT2D eigenvalue weighted by Crippen LogP contribution is 2.18. The number of primary amides is 1. The van der Waals surface area contributed by atoms with Crippen LogP contribution in [0.5, 0.6) is 5.75 Å². The summed E-state index contributed by atoms with van der Waals surface area (Å²) >= 11 is 0. The van der Waals surface area contributed by atoms with Crippen LogP contribution in [-0.2, 0) is 9.59 Å². The Morgan fingerprint density at radius 2 is 2.00 bits per heavy atom. The van der Waals surface area contributed by atoms with Crippen LogP contribution in [0, 0.1) is 5.92 Å². The van der Waals surface area contributed by atoms with Gasteiger partial charge in [-0.25, -0.2) is 0 Å². The van der Waals surface area contributed by atoms with Gasteiger partial charge in [-0.3, -0.25) is 9.59 Å². The van der Waals surface area contributed by atoms with Gasteiger partial charge in [-0.15, -0.1) is 0 Å². The lowest BCUT2D eigenvalue weighted by Crippen LogP contribution is -2.41. The number of carbonyl (C=O) groups is 2. The second-order valence-corrected chi connectivity index (χ2v) is 6.07. The fourth-order valence-electron chi connectivity index (χ4n) is 2.62. The minimum Gasteiger partial charge on any atom is -0.491 e. The minimum absolute atomic E-state index is 0.0388. The Morgan fingerprint density at radius 3 is 2.61 bits per heavy atom. The zero-order valence-corrected chi connectivity index (χ0v) is 13.7. The molecule has 0 unspecified atom stereocenters. The molecule has 5 heteroatoms. The van der Waals surface area contributed by atoms with Crippen LogP contribution in [0.1, 0.15) is 32.3 Å². The molecule has 0 atom stereocenters. The van der Waals surface area contributed by atoms with E-state index < -0.39 is 0 Å². The molecule has 1 aliphatic heterocycles. The molecule has 23 heavy (non-hydrogen) atoms. The van der Waals surface area contributed by atoms with Gasteiger partial charge in [-0.05, 0) is 50.5 Å². The highest BCUT2D eigenvalue weighted by atomic mass is 16.5. The van der Waals surface area contributed by atoms with Crippen molar-refractivity contribution in [3.8, 4) is 5.75 Å². The number of rotatable bonds is 5. The number of hydrogen-bond donors (Lipinski definition) is 1. The van der Waals surface area contributed by atoms with Crippen molar-refractivity contribution in [2.24, 2.45) is 11.7 Å². The zero-order valence-electron chi connectivity index (χ0n) is 13.7. The number of nitrogens with two attached hydrogens (primary N) is 1. The molecule has 1 heterocycles. The van der Waals surface area contributed by atoms with Gasteiger partial charge in [-0.2, -0.15) is 0 Å². The lowest BCUT2D eigenvalue weighted by atomic mass is 9.96. The van der Waals surface area contributed by atoms with E-state index in [4.69, 9.17) is 10.5 Å². The van der Waals surface area contributed by atoms with E-state index in [9.17, 15) is 9.59 Å². The van der Waals surface area contributed by atoms with Gasteiger partial charge >= 0.3 is 0 Å². The monoisotopic (exact) mass is 316 g/mol. The third kappa shape index (κ3) is 5.13. The molecule has 0 aromatic heterocycles. The average molecular weight is 316 g/mol. The van der Waals surface area contributed by atoms with E-state index in [0.29, 0.717) is 25.9 Å². The molecule has 0 aliphatic carbocycles. The standard InChI is InChI=1S/C18H24N2O3/c1-13(2)23-16-5-3-4-14(12-16)6-7-17(21)20-10-8-15(9-11-20)18(19)22/h3-7,12-13,15H,8-11H2,1-2H3,(H2,19,22)/b7-6+. The molecule has 2 amide bonds. The van der Waals surface area contributed by atoms with Crippen molar-refractivity contribution in [1.29, 1.82) is 0 Å². The van der Waals surface area contributed by atoms with E-state index >= 15 is 0 Å². The molecule has 1 aliphatic rings. The largest absolute Gasteiger partial charge is 0.491 e. The molecule has 0 bridgehead atoms. The molecular formula is C18H24N2O3. The van der Waals surface area contributed by atoms with Gasteiger partial charge in [0.15, 0.2) is 0 Å². The van der Waals surface area contributed by atoms with E-state index in [-0.39, 0.29) is 23.8 Å². The van der Waals surface area contributed by atoms with Gasteiger partial charge < -0.3 is 15.4 Å². The summed E-state index contributed by atoms with van der Waals surface area (Å²) in [5, 5.41) is 0. The lowest BCUT2D eigenvalue weighted by Gasteiger charge is -2.29. The summed E-state index contributed by atoms with van der Waals surface area (Å²) in [7, 11) is 0. The molecule has 2 rings (SSSR count). The van der Waals surface area contributed by atoms with Crippen LogP contribution in [0.15, 0.2) is 30.3 Å².